The summed E-state index contributed by atoms with van der Waals surface area (Å²) in [4.78, 5) is 23.7. The van der Waals surface area contributed by atoms with Gasteiger partial charge in [0.05, 0.1) is 11.3 Å². The molecule has 1 aliphatic heterocycles. The van der Waals surface area contributed by atoms with Crippen molar-refractivity contribution in [1.29, 1.82) is 0 Å². The Hall–Kier alpha value is -1.40. The van der Waals surface area contributed by atoms with Crippen LogP contribution in [0.5, 0.6) is 0 Å². The zero-order valence-electron chi connectivity index (χ0n) is 12.5. The molecule has 4 nitrogen and oxygen atoms in total. The molecule has 0 N–H and O–H groups in total. The number of anilines is 1. The average molecular weight is 321 g/mol. The normalized spacial score (nSPS) is 15.6. The third-order valence-electron chi connectivity index (χ3n) is 3.72. The first kappa shape index (κ1) is 14.5. The Morgan fingerprint density at radius 3 is 2.43 bits per heavy atom. The van der Waals surface area contributed by atoms with E-state index in [1.54, 1.807) is 22.7 Å². The minimum absolute atomic E-state index is 0.173. The van der Waals surface area contributed by atoms with E-state index in [-0.39, 0.29) is 5.91 Å². The Kier molecular flexibility index (Phi) is 3.99. The second-order valence-corrected chi connectivity index (χ2v) is 7.67. The van der Waals surface area contributed by atoms with Gasteiger partial charge >= 0.3 is 0 Å². The molecule has 1 amide bonds. The van der Waals surface area contributed by atoms with Crippen LogP contribution in [0.2, 0.25) is 0 Å². The van der Waals surface area contributed by atoms with Gasteiger partial charge < -0.3 is 9.80 Å². The first-order valence-electron chi connectivity index (χ1n) is 7.08. The van der Waals surface area contributed by atoms with Crippen molar-refractivity contribution in [3.8, 4) is 0 Å². The fraction of sp³-hybridized carbons (Fsp3) is 0.467. The van der Waals surface area contributed by atoms with Crippen LogP contribution < -0.4 is 4.90 Å². The summed E-state index contributed by atoms with van der Waals surface area (Å²) in [5, 5.41) is 3.15. The number of nitrogens with zero attached hydrogens (tertiary/aromatic N) is 3. The van der Waals surface area contributed by atoms with Crippen molar-refractivity contribution in [2.45, 2.75) is 20.8 Å². The van der Waals surface area contributed by atoms with Crippen molar-refractivity contribution in [2.75, 3.05) is 31.1 Å². The van der Waals surface area contributed by atoms with Crippen LogP contribution >= 0.6 is 22.7 Å². The van der Waals surface area contributed by atoms with Gasteiger partial charge in [0.2, 0.25) is 0 Å². The molecule has 21 heavy (non-hydrogen) atoms. The number of hydrogen-bond acceptors (Lipinski definition) is 5. The number of rotatable bonds is 2. The molecule has 0 atom stereocenters. The number of piperazine rings is 1. The minimum Gasteiger partial charge on any atom is -0.345 e. The third kappa shape index (κ3) is 2.96. The molecule has 1 saturated heterocycles. The lowest BCUT2D eigenvalue weighted by Crippen LogP contribution is -2.48. The molecule has 6 heteroatoms. The van der Waals surface area contributed by atoms with Crippen LogP contribution in [0.15, 0.2) is 11.4 Å². The van der Waals surface area contributed by atoms with Gasteiger partial charge in [-0.1, -0.05) is 0 Å². The smallest absolute Gasteiger partial charge is 0.255 e. The summed E-state index contributed by atoms with van der Waals surface area (Å²) in [6.45, 7) is 9.36. The van der Waals surface area contributed by atoms with Crippen molar-refractivity contribution < 1.29 is 4.79 Å². The van der Waals surface area contributed by atoms with E-state index in [9.17, 15) is 4.79 Å². The molecular weight excluding hydrogens is 302 g/mol. The quantitative estimate of drug-likeness (QED) is 0.853. The average Bonchev–Trinajstić information content (AvgIpc) is 3.04. The highest BCUT2D eigenvalue weighted by Gasteiger charge is 2.25. The highest BCUT2D eigenvalue weighted by molar-refractivity contribution is 7.13. The van der Waals surface area contributed by atoms with E-state index in [4.69, 9.17) is 0 Å². The maximum Gasteiger partial charge on any atom is 0.255 e. The molecule has 0 spiro atoms. The summed E-state index contributed by atoms with van der Waals surface area (Å²) in [6.07, 6.45) is 0. The predicted octanol–water partition coefficient (Wildman–Crippen LogP) is 3.09. The van der Waals surface area contributed by atoms with Gasteiger partial charge in [-0.05, 0) is 26.8 Å². The summed E-state index contributed by atoms with van der Waals surface area (Å²) in [5.74, 6) is 0.173. The first-order chi connectivity index (χ1) is 10.0. The second-order valence-electron chi connectivity index (χ2n) is 5.38. The summed E-state index contributed by atoms with van der Waals surface area (Å²) in [6, 6.07) is 2.01. The number of thiophene rings is 1. The van der Waals surface area contributed by atoms with Gasteiger partial charge in [0.25, 0.3) is 5.91 Å². The zero-order chi connectivity index (χ0) is 15.0. The maximum atomic E-state index is 12.6. The van der Waals surface area contributed by atoms with Crippen molar-refractivity contribution in [2.24, 2.45) is 0 Å². The van der Waals surface area contributed by atoms with E-state index >= 15 is 0 Å². The highest BCUT2D eigenvalue weighted by Crippen LogP contribution is 2.24. The molecule has 3 rings (SSSR count). The molecule has 0 bridgehead atoms. The number of thiazole rings is 1. The molecule has 3 heterocycles. The Balaban J connectivity index is 1.65. The van der Waals surface area contributed by atoms with E-state index in [0.717, 1.165) is 47.4 Å². The topological polar surface area (TPSA) is 36.4 Å². The lowest BCUT2D eigenvalue weighted by Gasteiger charge is -2.34. The predicted molar refractivity (Wildman–Crippen MR) is 88.8 cm³/mol. The number of hydrogen-bond donors (Lipinski definition) is 0. The van der Waals surface area contributed by atoms with Gasteiger partial charge in [0.1, 0.15) is 0 Å². The second kappa shape index (κ2) is 5.77. The molecule has 2 aromatic heterocycles. The largest absolute Gasteiger partial charge is 0.345 e. The van der Waals surface area contributed by atoms with Crippen LogP contribution in [0.4, 0.5) is 5.13 Å². The van der Waals surface area contributed by atoms with Crippen molar-refractivity contribution >= 4 is 33.7 Å². The number of carbonyl (C=O) groups is 1. The molecule has 1 fully saturated rings. The van der Waals surface area contributed by atoms with Crippen LogP contribution in [-0.4, -0.2) is 42.0 Å². The van der Waals surface area contributed by atoms with E-state index in [0.29, 0.717) is 0 Å². The van der Waals surface area contributed by atoms with Crippen LogP contribution in [0, 0.1) is 20.8 Å². The molecule has 112 valence electrons. The van der Waals surface area contributed by atoms with Crippen LogP contribution in [0.3, 0.4) is 0 Å². The van der Waals surface area contributed by atoms with Gasteiger partial charge in [0, 0.05) is 41.3 Å². The summed E-state index contributed by atoms with van der Waals surface area (Å²) >= 11 is 3.38. The van der Waals surface area contributed by atoms with Crippen LogP contribution in [0.25, 0.3) is 0 Å². The Labute approximate surface area is 133 Å². The SMILES string of the molecule is Cc1csc(N2CCN(C(=O)c3cc(C)sc3C)CC2)n1. The molecule has 0 radical (unpaired) electrons. The van der Waals surface area contributed by atoms with Crippen molar-refractivity contribution in [3.05, 3.63) is 32.5 Å². The Morgan fingerprint density at radius 2 is 1.90 bits per heavy atom. The van der Waals surface area contributed by atoms with Gasteiger partial charge in [0.15, 0.2) is 5.13 Å². The van der Waals surface area contributed by atoms with Gasteiger partial charge in [-0.15, -0.1) is 22.7 Å². The molecular formula is C15H19N3OS2. The molecule has 2 aromatic rings. The summed E-state index contributed by atoms with van der Waals surface area (Å²) in [7, 11) is 0. The molecule has 1 aliphatic rings. The molecule has 0 aliphatic carbocycles. The molecule has 0 unspecified atom stereocenters. The third-order valence-corrected chi connectivity index (χ3v) is 5.70. The van der Waals surface area contributed by atoms with Gasteiger partial charge in [-0.25, -0.2) is 4.98 Å². The maximum absolute atomic E-state index is 12.6. The fourth-order valence-corrected chi connectivity index (χ4v) is 4.37. The standard InChI is InChI=1S/C15H19N3OS2/c1-10-9-20-15(16-10)18-6-4-17(5-7-18)14(19)13-8-11(2)21-12(13)3/h8-9H,4-7H2,1-3H3. The number of carbonyl (C=O) groups excluding carboxylic acids is 1. The van der Waals surface area contributed by atoms with E-state index < -0.39 is 0 Å². The Bertz CT molecular complexity index is 654. The van der Waals surface area contributed by atoms with E-state index in [2.05, 4.69) is 22.2 Å². The Morgan fingerprint density at radius 1 is 1.19 bits per heavy atom. The fourth-order valence-electron chi connectivity index (χ4n) is 2.60. The minimum atomic E-state index is 0.173. The van der Waals surface area contributed by atoms with Crippen molar-refractivity contribution in [3.63, 3.8) is 0 Å². The summed E-state index contributed by atoms with van der Waals surface area (Å²) in [5.41, 5.74) is 1.94. The lowest BCUT2D eigenvalue weighted by molar-refractivity contribution is 0.0746. The monoisotopic (exact) mass is 321 g/mol. The number of aromatic nitrogens is 1. The van der Waals surface area contributed by atoms with E-state index in [1.165, 1.54) is 4.88 Å². The zero-order valence-corrected chi connectivity index (χ0v) is 14.2. The van der Waals surface area contributed by atoms with Gasteiger partial charge in [-0.3, -0.25) is 4.79 Å². The highest BCUT2D eigenvalue weighted by atomic mass is 32.1. The molecule has 0 saturated carbocycles. The lowest BCUT2D eigenvalue weighted by atomic mass is 10.2. The van der Waals surface area contributed by atoms with Crippen LogP contribution in [0.1, 0.15) is 25.8 Å². The molecule has 0 aromatic carbocycles. The summed E-state index contributed by atoms with van der Waals surface area (Å²) < 4.78 is 0. The van der Waals surface area contributed by atoms with Crippen molar-refractivity contribution in [1.82, 2.24) is 9.88 Å². The van der Waals surface area contributed by atoms with Crippen LogP contribution in [-0.2, 0) is 0 Å². The van der Waals surface area contributed by atoms with Gasteiger partial charge in [-0.2, -0.15) is 0 Å². The first-order valence-corrected chi connectivity index (χ1v) is 8.77. The van der Waals surface area contributed by atoms with E-state index in [1.807, 2.05) is 24.8 Å². The number of amides is 1. The number of aryl methyl sites for hydroxylation is 3.